The molecule has 0 heterocycles. The van der Waals surface area contributed by atoms with Gasteiger partial charge >= 0.3 is 0 Å². The van der Waals surface area contributed by atoms with Gasteiger partial charge in [-0.1, -0.05) is 18.2 Å². The molecule has 0 aromatic heterocycles. The molecule has 136 valence electrons. The number of hydrogen-bond donors (Lipinski definition) is 1. The summed E-state index contributed by atoms with van der Waals surface area (Å²) in [7, 11) is 3.90. The van der Waals surface area contributed by atoms with E-state index in [-0.39, 0.29) is 24.0 Å². The van der Waals surface area contributed by atoms with E-state index in [0.717, 1.165) is 50.4 Å². The van der Waals surface area contributed by atoms with Crippen LogP contribution in [0.3, 0.4) is 0 Å². The van der Waals surface area contributed by atoms with Gasteiger partial charge < -0.3 is 15.0 Å². The van der Waals surface area contributed by atoms with Gasteiger partial charge in [0.1, 0.15) is 0 Å². The SMILES string of the molecule is CN=C(NCCCSc1ccccc1)N(C)CCOCC1CC1.I. The van der Waals surface area contributed by atoms with Crippen molar-refractivity contribution < 1.29 is 4.74 Å². The summed E-state index contributed by atoms with van der Waals surface area (Å²) in [6, 6.07) is 10.5. The van der Waals surface area contributed by atoms with Gasteiger partial charge in [-0.25, -0.2) is 0 Å². The molecule has 6 heteroatoms. The average Bonchev–Trinajstić information content (AvgIpc) is 3.40. The molecular weight excluding hydrogens is 433 g/mol. The van der Waals surface area contributed by atoms with E-state index < -0.39 is 0 Å². The van der Waals surface area contributed by atoms with Gasteiger partial charge in [-0.3, -0.25) is 4.99 Å². The predicted molar refractivity (Wildman–Crippen MR) is 115 cm³/mol. The van der Waals surface area contributed by atoms with Crippen molar-refractivity contribution in [2.45, 2.75) is 24.2 Å². The van der Waals surface area contributed by atoms with Crippen molar-refractivity contribution >= 4 is 41.7 Å². The molecule has 0 unspecified atom stereocenters. The van der Waals surface area contributed by atoms with Crippen molar-refractivity contribution in [3.63, 3.8) is 0 Å². The standard InChI is InChI=1S/C18H29N3OS.HI/c1-19-18(21(2)12-13-22-15-16-9-10-16)20-11-6-14-23-17-7-4-3-5-8-17;/h3-5,7-8,16H,6,9-15H2,1-2H3,(H,19,20);1H. The zero-order valence-electron chi connectivity index (χ0n) is 14.7. The van der Waals surface area contributed by atoms with Gasteiger partial charge in [0.2, 0.25) is 0 Å². The quantitative estimate of drug-likeness (QED) is 0.189. The van der Waals surface area contributed by atoms with Crippen LogP contribution in [0, 0.1) is 5.92 Å². The van der Waals surface area contributed by atoms with Crippen LogP contribution in [-0.4, -0.2) is 57.0 Å². The van der Waals surface area contributed by atoms with E-state index in [4.69, 9.17) is 4.74 Å². The number of nitrogens with one attached hydrogen (secondary N) is 1. The van der Waals surface area contributed by atoms with E-state index in [1.54, 1.807) is 0 Å². The van der Waals surface area contributed by atoms with E-state index in [1.807, 2.05) is 18.8 Å². The first-order valence-corrected chi connectivity index (χ1v) is 9.45. The lowest BCUT2D eigenvalue weighted by molar-refractivity contribution is 0.115. The summed E-state index contributed by atoms with van der Waals surface area (Å²) in [6.07, 6.45) is 3.81. The number of rotatable bonds is 10. The van der Waals surface area contributed by atoms with Crippen molar-refractivity contribution in [3.05, 3.63) is 30.3 Å². The molecule has 4 nitrogen and oxygen atoms in total. The highest BCUT2D eigenvalue weighted by Crippen LogP contribution is 2.28. The highest BCUT2D eigenvalue weighted by atomic mass is 127. The van der Waals surface area contributed by atoms with Gasteiger partial charge in [0.25, 0.3) is 0 Å². The highest BCUT2D eigenvalue weighted by Gasteiger charge is 2.21. The molecule has 0 bridgehead atoms. The van der Waals surface area contributed by atoms with E-state index in [0.29, 0.717) is 0 Å². The number of aliphatic imine (C=N–C) groups is 1. The minimum absolute atomic E-state index is 0. The summed E-state index contributed by atoms with van der Waals surface area (Å²) >= 11 is 1.90. The number of ether oxygens (including phenoxy) is 1. The lowest BCUT2D eigenvalue weighted by Crippen LogP contribution is -2.41. The molecule has 1 aliphatic rings. The largest absolute Gasteiger partial charge is 0.379 e. The first-order chi connectivity index (χ1) is 11.3. The maximum atomic E-state index is 5.69. The minimum Gasteiger partial charge on any atom is -0.379 e. The fourth-order valence-corrected chi connectivity index (χ4v) is 3.08. The third-order valence-electron chi connectivity index (χ3n) is 3.81. The lowest BCUT2D eigenvalue weighted by atomic mass is 10.4. The molecule has 0 spiro atoms. The summed E-state index contributed by atoms with van der Waals surface area (Å²) in [6.45, 7) is 3.53. The van der Waals surface area contributed by atoms with Crippen LogP contribution < -0.4 is 5.32 Å². The number of benzene rings is 1. The predicted octanol–water partition coefficient (Wildman–Crippen LogP) is 3.72. The van der Waals surface area contributed by atoms with Crippen molar-refractivity contribution in [2.75, 3.05) is 46.2 Å². The topological polar surface area (TPSA) is 36.9 Å². The molecule has 24 heavy (non-hydrogen) atoms. The Bertz CT molecular complexity index is 469. The molecule has 0 saturated heterocycles. The molecule has 1 saturated carbocycles. The fourth-order valence-electron chi connectivity index (χ4n) is 2.21. The second-order valence-electron chi connectivity index (χ2n) is 5.93. The second kappa shape index (κ2) is 12.8. The maximum absolute atomic E-state index is 5.69. The first-order valence-electron chi connectivity index (χ1n) is 8.47. The number of nitrogens with zero attached hydrogens (tertiary/aromatic N) is 2. The van der Waals surface area contributed by atoms with Crippen molar-refractivity contribution in [1.29, 1.82) is 0 Å². The van der Waals surface area contributed by atoms with Gasteiger partial charge in [-0.05, 0) is 43.1 Å². The Balaban J connectivity index is 0.00000288. The minimum atomic E-state index is 0. The molecule has 2 rings (SSSR count). The Morgan fingerprint density at radius 1 is 1.33 bits per heavy atom. The molecule has 1 aromatic carbocycles. The molecule has 0 atom stereocenters. The molecule has 0 amide bonds. The summed E-state index contributed by atoms with van der Waals surface area (Å²) in [4.78, 5) is 7.81. The second-order valence-corrected chi connectivity index (χ2v) is 7.10. The van der Waals surface area contributed by atoms with Crippen LogP contribution in [0.1, 0.15) is 19.3 Å². The number of guanidine groups is 1. The Morgan fingerprint density at radius 2 is 2.08 bits per heavy atom. The summed E-state index contributed by atoms with van der Waals surface area (Å²) in [5.74, 6) is 2.90. The zero-order chi connectivity index (χ0) is 16.3. The third kappa shape index (κ3) is 9.13. The molecule has 0 aliphatic heterocycles. The number of likely N-dealkylation sites (N-methyl/N-ethyl adjacent to an activating group) is 1. The van der Waals surface area contributed by atoms with E-state index in [2.05, 4.69) is 52.6 Å². The van der Waals surface area contributed by atoms with Crippen molar-refractivity contribution in [2.24, 2.45) is 10.9 Å². The Kier molecular flexibility index (Phi) is 11.5. The summed E-state index contributed by atoms with van der Waals surface area (Å²) in [5, 5.41) is 3.42. The van der Waals surface area contributed by atoms with Gasteiger partial charge in [-0.15, -0.1) is 35.7 Å². The van der Waals surface area contributed by atoms with Crippen molar-refractivity contribution in [1.82, 2.24) is 10.2 Å². The number of hydrogen-bond acceptors (Lipinski definition) is 3. The Morgan fingerprint density at radius 3 is 2.75 bits per heavy atom. The van der Waals surface area contributed by atoms with Crippen LogP contribution in [0.4, 0.5) is 0 Å². The Labute approximate surface area is 167 Å². The van der Waals surface area contributed by atoms with Crippen LogP contribution in [0.25, 0.3) is 0 Å². The van der Waals surface area contributed by atoms with Gasteiger partial charge in [-0.2, -0.15) is 0 Å². The van der Waals surface area contributed by atoms with Crippen molar-refractivity contribution in [3.8, 4) is 0 Å². The fraction of sp³-hybridized carbons (Fsp3) is 0.611. The van der Waals surface area contributed by atoms with Gasteiger partial charge in [0, 0.05) is 38.7 Å². The van der Waals surface area contributed by atoms with E-state index >= 15 is 0 Å². The first kappa shape index (κ1) is 21.6. The average molecular weight is 463 g/mol. The van der Waals surface area contributed by atoms with Gasteiger partial charge in [0.05, 0.1) is 6.61 Å². The van der Waals surface area contributed by atoms with E-state index in [1.165, 1.54) is 17.7 Å². The monoisotopic (exact) mass is 463 g/mol. The van der Waals surface area contributed by atoms with Crippen LogP contribution in [0.5, 0.6) is 0 Å². The normalized spacial score (nSPS) is 14.2. The van der Waals surface area contributed by atoms with Crippen LogP contribution in [-0.2, 0) is 4.74 Å². The highest BCUT2D eigenvalue weighted by molar-refractivity contribution is 14.0. The van der Waals surface area contributed by atoms with Crippen LogP contribution in [0.2, 0.25) is 0 Å². The molecule has 1 aromatic rings. The molecule has 1 fully saturated rings. The van der Waals surface area contributed by atoms with Crippen LogP contribution >= 0.6 is 35.7 Å². The van der Waals surface area contributed by atoms with E-state index in [9.17, 15) is 0 Å². The number of thioether (sulfide) groups is 1. The molecule has 0 radical (unpaired) electrons. The van der Waals surface area contributed by atoms with Gasteiger partial charge in [0.15, 0.2) is 5.96 Å². The molecule has 1 N–H and O–H groups in total. The molecular formula is C18H30IN3OS. The lowest BCUT2D eigenvalue weighted by Gasteiger charge is -2.22. The smallest absolute Gasteiger partial charge is 0.193 e. The summed E-state index contributed by atoms with van der Waals surface area (Å²) in [5.41, 5.74) is 0. The molecule has 1 aliphatic carbocycles. The summed E-state index contributed by atoms with van der Waals surface area (Å²) < 4.78 is 5.69. The third-order valence-corrected chi connectivity index (χ3v) is 4.91. The van der Waals surface area contributed by atoms with Crippen LogP contribution in [0.15, 0.2) is 40.2 Å². The number of halogens is 1. The zero-order valence-corrected chi connectivity index (χ0v) is 17.9. The maximum Gasteiger partial charge on any atom is 0.193 e. The Hall–Kier alpha value is -0.470.